The van der Waals surface area contributed by atoms with Crippen molar-refractivity contribution >= 4 is 26.7 Å². The van der Waals surface area contributed by atoms with Gasteiger partial charge in [0.2, 0.25) is 5.55 Å². The largest absolute Gasteiger partial charge is 0.496 e. The van der Waals surface area contributed by atoms with Crippen molar-refractivity contribution < 1.29 is 17.6 Å². The van der Waals surface area contributed by atoms with Gasteiger partial charge in [0.15, 0.2) is 0 Å². The second-order valence-corrected chi connectivity index (χ2v) is 8.38. The zero-order chi connectivity index (χ0) is 21.3. The Balaban J connectivity index is 2.08. The lowest BCUT2D eigenvalue weighted by atomic mass is 10.0. The number of aryl methyl sites for hydroxylation is 1. The minimum Gasteiger partial charge on any atom is -0.496 e. The number of nitrogens with zero attached hydrogens (tertiary/aromatic N) is 1. The molecule has 0 aliphatic rings. The Morgan fingerprint density at radius 1 is 0.933 bits per heavy atom. The minimum atomic E-state index is -4.03. The normalized spacial score (nSPS) is 12.3. The van der Waals surface area contributed by atoms with Crippen LogP contribution in [0.2, 0.25) is 0 Å². The van der Waals surface area contributed by atoms with Gasteiger partial charge in [0.05, 0.1) is 23.3 Å². The zero-order valence-corrected chi connectivity index (χ0v) is 17.3. The Bertz CT molecular complexity index is 1410. The van der Waals surface area contributed by atoms with E-state index in [4.69, 9.17) is 14.9 Å². The van der Waals surface area contributed by atoms with Crippen molar-refractivity contribution in [2.24, 2.45) is 4.40 Å². The number of benzene rings is 3. The van der Waals surface area contributed by atoms with E-state index in [1.165, 1.54) is 19.2 Å². The molecule has 0 atom stereocenters. The van der Waals surface area contributed by atoms with E-state index in [-0.39, 0.29) is 10.4 Å². The number of ether oxygens (including phenoxy) is 1. The van der Waals surface area contributed by atoms with Crippen molar-refractivity contribution in [3.05, 3.63) is 83.9 Å². The van der Waals surface area contributed by atoms with Crippen molar-refractivity contribution in [2.45, 2.75) is 11.8 Å². The van der Waals surface area contributed by atoms with Crippen molar-refractivity contribution in [2.75, 3.05) is 12.8 Å². The third-order valence-corrected chi connectivity index (χ3v) is 6.04. The lowest BCUT2D eigenvalue weighted by Crippen LogP contribution is -2.14. The van der Waals surface area contributed by atoms with E-state index >= 15 is 0 Å². The molecular weight excluding hydrogens is 400 g/mol. The number of para-hydroxylation sites is 2. The predicted octanol–water partition coefficient (Wildman–Crippen LogP) is 4.29. The van der Waals surface area contributed by atoms with Crippen LogP contribution in [0.25, 0.3) is 22.1 Å². The Morgan fingerprint density at radius 2 is 1.60 bits per heavy atom. The van der Waals surface area contributed by atoms with Crippen LogP contribution in [0.3, 0.4) is 0 Å². The Kier molecular flexibility index (Phi) is 5.05. The molecule has 3 aromatic carbocycles. The van der Waals surface area contributed by atoms with Gasteiger partial charge in [-0.1, -0.05) is 48.0 Å². The summed E-state index contributed by atoms with van der Waals surface area (Å²) >= 11 is 0. The summed E-state index contributed by atoms with van der Waals surface area (Å²) in [7, 11) is -2.50. The van der Waals surface area contributed by atoms with E-state index in [2.05, 4.69) is 4.40 Å². The van der Waals surface area contributed by atoms with Gasteiger partial charge < -0.3 is 14.9 Å². The molecule has 1 aromatic heterocycles. The average molecular weight is 420 g/mol. The van der Waals surface area contributed by atoms with E-state index in [0.29, 0.717) is 33.5 Å². The summed E-state index contributed by atoms with van der Waals surface area (Å²) in [6.45, 7) is 1.88. The molecule has 30 heavy (non-hydrogen) atoms. The smallest absolute Gasteiger partial charge is 0.285 e. The first-order chi connectivity index (χ1) is 14.4. The van der Waals surface area contributed by atoms with Crippen LogP contribution >= 0.6 is 0 Å². The molecule has 6 nitrogen and oxygen atoms in total. The van der Waals surface area contributed by atoms with E-state index < -0.39 is 10.0 Å². The van der Waals surface area contributed by atoms with Gasteiger partial charge in [0.25, 0.3) is 10.0 Å². The van der Waals surface area contributed by atoms with Crippen LogP contribution in [0.5, 0.6) is 5.75 Å². The number of rotatable bonds is 4. The highest BCUT2D eigenvalue weighted by atomic mass is 32.2. The first-order valence-electron chi connectivity index (χ1n) is 9.23. The van der Waals surface area contributed by atoms with E-state index in [9.17, 15) is 8.42 Å². The van der Waals surface area contributed by atoms with Crippen LogP contribution in [0.15, 0.2) is 86.5 Å². The van der Waals surface area contributed by atoms with Crippen LogP contribution in [0, 0.1) is 6.92 Å². The van der Waals surface area contributed by atoms with Crippen molar-refractivity contribution in [1.82, 2.24) is 0 Å². The van der Waals surface area contributed by atoms with Gasteiger partial charge in [-0.25, -0.2) is 0 Å². The van der Waals surface area contributed by atoms with Gasteiger partial charge in [0.1, 0.15) is 11.3 Å². The second kappa shape index (κ2) is 7.68. The average Bonchev–Trinajstić information content (AvgIpc) is 2.74. The quantitative estimate of drug-likeness (QED) is 0.531. The summed E-state index contributed by atoms with van der Waals surface area (Å²) in [6.07, 6.45) is 0. The zero-order valence-electron chi connectivity index (χ0n) is 16.5. The third-order valence-electron chi connectivity index (χ3n) is 4.77. The Labute approximate surface area is 174 Å². The highest BCUT2D eigenvalue weighted by Gasteiger charge is 2.19. The van der Waals surface area contributed by atoms with Crippen molar-refractivity contribution in [1.29, 1.82) is 0 Å². The maximum Gasteiger partial charge on any atom is 0.285 e. The molecule has 0 fully saturated rings. The third kappa shape index (κ3) is 3.55. The van der Waals surface area contributed by atoms with E-state index in [1.807, 2.05) is 31.2 Å². The van der Waals surface area contributed by atoms with Gasteiger partial charge in [0, 0.05) is 10.9 Å². The van der Waals surface area contributed by atoms with Gasteiger partial charge in [-0.3, -0.25) is 0 Å². The first-order valence-corrected chi connectivity index (χ1v) is 10.7. The monoisotopic (exact) mass is 420 g/mol. The van der Waals surface area contributed by atoms with Crippen LogP contribution in [-0.4, -0.2) is 15.5 Å². The first kappa shape index (κ1) is 19.7. The van der Waals surface area contributed by atoms with Gasteiger partial charge >= 0.3 is 0 Å². The number of sulfonamides is 1. The standard InChI is InChI=1S/C23H20N2O4S/c1-15-11-13-16(14-12-15)30(26,27)25-23-21(17-7-3-5-9-19(17)28-2)22(24)18-8-4-6-10-20(18)29-23/h3-14H,24H2,1-2H3. The molecular formula is C23H20N2O4S. The van der Waals surface area contributed by atoms with Crippen molar-refractivity contribution in [3.63, 3.8) is 0 Å². The number of nitrogen functional groups attached to an aromatic ring is 1. The highest BCUT2D eigenvalue weighted by molar-refractivity contribution is 7.90. The fourth-order valence-electron chi connectivity index (χ4n) is 3.23. The topological polar surface area (TPSA) is 94.9 Å². The summed E-state index contributed by atoms with van der Waals surface area (Å²) in [5.74, 6) is 0.527. The molecule has 0 bridgehead atoms. The number of fused-ring (bicyclic) bond motifs is 1. The molecule has 0 aliphatic carbocycles. The van der Waals surface area contributed by atoms with Crippen LogP contribution < -0.4 is 16.0 Å². The molecule has 152 valence electrons. The van der Waals surface area contributed by atoms with Crippen molar-refractivity contribution in [3.8, 4) is 16.9 Å². The predicted molar refractivity (Wildman–Crippen MR) is 117 cm³/mol. The molecule has 0 aliphatic heterocycles. The molecule has 0 radical (unpaired) electrons. The Morgan fingerprint density at radius 3 is 2.33 bits per heavy atom. The molecule has 1 heterocycles. The summed E-state index contributed by atoms with van der Waals surface area (Å²) < 4.78 is 41.4. The van der Waals surface area contributed by atoms with E-state index in [0.717, 1.165) is 5.56 Å². The summed E-state index contributed by atoms with van der Waals surface area (Å²) in [5, 5.41) is 0.657. The lowest BCUT2D eigenvalue weighted by Gasteiger charge is -2.12. The van der Waals surface area contributed by atoms with Crippen LogP contribution in [0.1, 0.15) is 5.56 Å². The SMILES string of the molecule is COc1ccccc1-c1c(N)c2ccccc2oc1=NS(=O)(=O)c1ccc(C)cc1. The van der Waals surface area contributed by atoms with E-state index in [1.54, 1.807) is 36.4 Å². The maximum atomic E-state index is 13.0. The summed E-state index contributed by atoms with van der Waals surface area (Å²) in [5.41, 5.74) is 9.08. The van der Waals surface area contributed by atoms with Gasteiger partial charge in [-0.05, 0) is 37.3 Å². The van der Waals surface area contributed by atoms with Crippen LogP contribution in [-0.2, 0) is 10.0 Å². The molecule has 4 rings (SSSR count). The number of nitrogens with two attached hydrogens (primary N) is 1. The van der Waals surface area contributed by atoms with Crippen LogP contribution in [0.4, 0.5) is 5.69 Å². The number of anilines is 1. The molecule has 2 N–H and O–H groups in total. The number of methoxy groups -OCH3 is 1. The lowest BCUT2D eigenvalue weighted by molar-refractivity contribution is 0.416. The molecule has 0 spiro atoms. The van der Waals surface area contributed by atoms with Gasteiger partial charge in [-0.2, -0.15) is 8.42 Å². The highest BCUT2D eigenvalue weighted by Crippen LogP contribution is 2.35. The number of hydrogen-bond acceptors (Lipinski definition) is 5. The minimum absolute atomic E-state index is 0.0704. The maximum absolute atomic E-state index is 13.0. The molecule has 0 amide bonds. The molecule has 7 heteroatoms. The Hall–Kier alpha value is -3.58. The molecule has 4 aromatic rings. The summed E-state index contributed by atoms with van der Waals surface area (Å²) in [4.78, 5) is 0.0704. The molecule has 0 saturated carbocycles. The van der Waals surface area contributed by atoms with Gasteiger partial charge in [-0.15, -0.1) is 4.40 Å². The summed E-state index contributed by atoms with van der Waals surface area (Å²) in [6, 6.07) is 20.8. The number of hydrogen-bond donors (Lipinski definition) is 1. The fourth-order valence-corrected chi connectivity index (χ4v) is 4.16. The molecule has 0 unspecified atom stereocenters. The molecule has 0 saturated heterocycles. The second-order valence-electron chi connectivity index (χ2n) is 6.77. The fraction of sp³-hybridized carbons (Fsp3) is 0.0870.